The third-order valence-electron chi connectivity index (χ3n) is 4.38. The first-order chi connectivity index (χ1) is 12.6. The molecule has 2 aromatic carbocycles. The van der Waals surface area contributed by atoms with Crippen molar-refractivity contribution < 1.29 is 14.4 Å². The van der Waals surface area contributed by atoms with Crippen molar-refractivity contribution in [2.24, 2.45) is 0 Å². The Bertz CT molecular complexity index is 848. The van der Waals surface area contributed by atoms with Gasteiger partial charge in [-0.3, -0.25) is 14.4 Å². The molecule has 0 saturated carbocycles. The van der Waals surface area contributed by atoms with E-state index in [2.05, 4.69) is 16.0 Å². The van der Waals surface area contributed by atoms with Gasteiger partial charge in [0.2, 0.25) is 11.8 Å². The van der Waals surface area contributed by atoms with E-state index in [4.69, 9.17) is 0 Å². The van der Waals surface area contributed by atoms with Crippen LogP contribution in [0.5, 0.6) is 0 Å². The standard InChI is InChI=1S/C20H21N3O3/c1-2-13-7-3-5-9-15(13)21-18(24)12-11-17-20(26)22-16-10-6-4-8-14(16)19(25)23-17/h3-10,17H,2,11-12H2,1H3,(H,21,24)(H,22,26)(H,23,25)/t17-/m0/s1. The Hall–Kier alpha value is -3.15. The summed E-state index contributed by atoms with van der Waals surface area (Å²) in [6.07, 6.45) is 1.17. The van der Waals surface area contributed by atoms with E-state index in [1.54, 1.807) is 24.3 Å². The Labute approximate surface area is 152 Å². The molecule has 26 heavy (non-hydrogen) atoms. The number of aryl methyl sites for hydroxylation is 1. The number of carbonyl (C=O) groups excluding carboxylic acids is 3. The van der Waals surface area contributed by atoms with E-state index in [1.807, 2.05) is 31.2 Å². The van der Waals surface area contributed by atoms with Gasteiger partial charge in [0.15, 0.2) is 0 Å². The minimum absolute atomic E-state index is 0.132. The second-order valence-electron chi connectivity index (χ2n) is 6.16. The van der Waals surface area contributed by atoms with Crippen LogP contribution in [0.15, 0.2) is 48.5 Å². The van der Waals surface area contributed by atoms with E-state index in [0.29, 0.717) is 11.3 Å². The molecule has 1 heterocycles. The van der Waals surface area contributed by atoms with Crippen LogP contribution in [0.4, 0.5) is 11.4 Å². The number of para-hydroxylation sites is 2. The van der Waals surface area contributed by atoms with Gasteiger partial charge in [-0.05, 0) is 36.6 Å². The molecule has 0 radical (unpaired) electrons. The molecule has 0 aliphatic carbocycles. The molecule has 0 saturated heterocycles. The van der Waals surface area contributed by atoms with Crippen molar-refractivity contribution in [3.63, 3.8) is 0 Å². The molecule has 134 valence electrons. The second kappa shape index (κ2) is 7.82. The zero-order valence-electron chi connectivity index (χ0n) is 14.5. The second-order valence-corrected chi connectivity index (χ2v) is 6.16. The maximum absolute atomic E-state index is 12.3. The highest BCUT2D eigenvalue weighted by Gasteiger charge is 2.27. The predicted molar refractivity (Wildman–Crippen MR) is 100 cm³/mol. The van der Waals surface area contributed by atoms with Crippen LogP contribution in [0.3, 0.4) is 0 Å². The molecule has 0 bridgehead atoms. The Morgan fingerprint density at radius 1 is 1.08 bits per heavy atom. The number of benzene rings is 2. The molecule has 6 heteroatoms. The molecule has 1 aliphatic rings. The fraction of sp³-hybridized carbons (Fsp3) is 0.250. The molecule has 3 N–H and O–H groups in total. The smallest absolute Gasteiger partial charge is 0.254 e. The van der Waals surface area contributed by atoms with E-state index in [9.17, 15) is 14.4 Å². The van der Waals surface area contributed by atoms with E-state index in [1.165, 1.54) is 0 Å². The summed E-state index contributed by atoms with van der Waals surface area (Å²) in [5.41, 5.74) is 2.74. The molecule has 3 rings (SSSR count). The lowest BCUT2D eigenvalue weighted by atomic mass is 10.1. The van der Waals surface area contributed by atoms with Gasteiger partial charge in [-0.15, -0.1) is 0 Å². The predicted octanol–water partition coefficient (Wildman–Crippen LogP) is 2.72. The van der Waals surface area contributed by atoms with Gasteiger partial charge in [-0.25, -0.2) is 0 Å². The van der Waals surface area contributed by atoms with Crippen LogP contribution in [0, 0.1) is 0 Å². The van der Waals surface area contributed by atoms with Crippen LogP contribution >= 0.6 is 0 Å². The van der Waals surface area contributed by atoms with Crippen LogP contribution in [-0.2, 0) is 16.0 Å². The molecule has 0 fully saturated rings. The van der Waals surface area contributed by atoms with Gasteiger partial charge in [0.05, 0.1) is 11.3 Å². The molecule has 6 nitrogen and oxygen atoms in total. The number of nitrogens with one attached hydrogen (secondary N) is 3. The summed E-state index contributed by atoms with van der Waals surface area (Å²) in [5, 5.41) is 8.31. The lowest BCUT2D eigenvalue weighted by molar-refractivity contribution is -0.118. The monoisotopic (exact) mass is 351 g/mol. The highest BCUT2D eigenvalue weighted by molar-refractivity contribution is 6.10. The molecule has 0 aromatic heterocycles. The van der Waals surface area contributed by atoms with Crippen molar-refractivity contribution in [2.75, 3.05) is 10.6 Å². The highest BCUT2D eigenvalue weighted by atomic mass is 16.2. The SMILES string of the molecule is CCc1ccccc1NC(=O)CC[C@@H]1NC(=O)c2ccccc2NC1=O. The van der Waals surface area contributed by atoms with E-state index >= 15 is 0 Å². The zero-order valence-corrected chi connectivity index (χ0v) is 14.5. The Morgan fingerprint density at radius 2 is 1.81 bits per heavy atom. The van der Waals surface area contributed by atoms with Gasteiger partial charge >= 0.3 is 0 Å². The van der Waals surface area contributed by atoms with Gasteiger partial charge in [0, 0.05) is 12.1 Å². The first-order valence-corrected chi connectivity index (χ1v) is 8.67. The topological polar surface area (TPSA) is 87.3 Å². The number of amides is 3. The van der Waals surface area contributed by atoms with Gasteiger partial charge < -0.3 is 16.0 Å². The van der Waals surface area contributed by atoms with Crippen LogP contribution in [-0.4, -0.2) is 23.8 Å². The molecule has 0 spiro atoms. The third-order valence-corrected chi connectivity index (χ3v) is 4.38. The van der Waals surface area contributed by atoms with E-state index < -0.39 is 6.04 Å². The number of carbonyl (C=O) groups is 3. The molecular formula is C20H21N3O3. The maximum atomic E-state index is 12.3. The number of rotatable bonds is 5. The van der Waals surface area contributed by atoms with Crippen molar-refractivity contribution in [3.05, 3.63) is 59.7 Å². The number of hydrogen-bond acceptors (Lipinski definition) is 3. The van der Waals surface area contributed by atoms with Gasteiger partial charge in [0.1, 0.15) is 6.04 Å². The number of fused-ring (bicyclic) bond motifs is 1. The lowest BCUT2D eigenvalue weighted by Crippen LogP contribution is -2.41. The summed E-state index contributed by atoms with van der Waals surface area (Å²) in [4.78, 5) is 36.9. The summed E-state index contributed by atoms with van der Waals surface area (Å²) in [5.74, 6) is -0.819. The third kappa shape index (κ3) is 3.91. The van der Waals surface area contributed by atoms with Crippen molar-refractivity contribution in [1.29, 1.82) is 0 Å². The molecule has 2 aromatic rings. The highest BCUT2D eigenvalue weighted by Crippen LogP contribution is 2.20. The van der Waals surface area contributed by atoms with Crippen LogP contribution < -0.4 is 16.0 Å². The lowest BCUT2D eigenvalue weighted by Gasteiger charge is -2.15. The molecule has 3 amide bonds. The summed E-state index contributed by atoms with van der Waals surface area (Å²) in [6, 6.07) is 13.7. The number of hydrogen-bond donors (Lipinski definition) is 3. The Kier molecular flexibility index (Phi) is 5.31. The van der Waals surface area contributed by atoms with Crippen LogP contribution in [0.25, 0.3) is 0 Å². The minimum atomic E-state index is -0.748. The van der Waals surface area contributed by atoms with Crippen molar-refractivity contribution in [1.82, 2.24) is 5.32 Å². The molecule has 1 aliphatic heterocycles. The summed E-state index contributed by atoms with van der Waals surface area (Å²) in [6.45, 7) is 2.02. The van der Waals surface area contributed by atoms with Crippen LogP contribution in [0.1, 0.15) is 35.7 Å². The van der Waals surface area contributed by atoms with Gasteiger partial charge in [0.25, 0.3) is 5.91 Å². The average Bonchev–Trinajstić information content (AvgIpc) is 2.77. The van der Waals surface area contributed by atoms with Crippen molar-refractivity contribution in [2.45, 2.75) is 32.2 Å². The van der Waals surface area contributed by atoms with Gasteiger partial charge in [-0.2, -0.15) is 0 Å². The molecular weight excluding hydrogens is 330 g/mol. The average molecular weight is 351 g/mol. The largest absolute Gasteiger partial charge is 0.340 e. The molecule has 1 atom stereocenters. The minimum Gasteiger partial charge on any atom is -0.340 e. The number of anilines is 2. The van der Waals surface area contributed by atoms with Gasteiger partial charge in [-0.1, -0.05) is 37.3 Å². The normalized spacial score (nSPS) is 16.1. The van der Waals surface area contributed by atoms with Crippen molar-refractivity contribution in [3.8, 4) is 0 Å². The summed E-state index contributed by atoms with van der Waals surface area (Å²) < 4.78 is 0. The van der Waals surface area contributed by atoms with E-state index in [-0.39, 0.29) is 30.6 Å². The first kappa shape index (κ1) is 17.7. The molecule has 0 unspecified atom stereocenters. The Balaban J connectivity index is 1.62. The van der Waals surface area contributed by atoms with Crippen molar-refractivity contribution >= 4 is 29.1 Å². The van der Waals surface area contributed by atoms with E-state index in [0.717, 1.165) is 17.7 Å². The summed E-state index contributed by atoms with van der Waals surface area (Å²) in [7, 11) is 0. The summed E-state index contributed by atoms with van der Waals surface area (Å²) >= 11 is 0. The maximum Gasteiger partial charge on any atom is 0.254 e. The first-order valence-electron chi connectivity index (χ1n) is 8.67. The quantitative estimate of drug-likeness (QED) is 0.774. The van der Waals surface area contributed by atoms with Crippen LogP contribution in [0.2, 0.25) is 0 Å². The fourth-order valence-electron chi connectivity index (χ4n) is 2.95. The Morgan fingerprint density at radius 3 is 2.62 bits per heavy atom. The zero-order chi connectivity index (χ0) is 18.5. The fourth-order valence-corrected chi connectivity index (χ4v) is 2.95.